The molecule has 0 saturated heterocycles. The fourth-order valence-corrected chi connectivity index (χ4v) is 4.36. The summed E-state index contributed by atoms with van der Waals surface area (Å²) in [6, 6.07) is 10.7. The largest absolute Gasteiger partial charge is 0.353 e. The molecule has 3 aliphatic rings. The number of amides is 2. The minimum Gasteiger partial charge on any atom is -0.353 e. The van der Waals surface area contributed by atoms with Crippen LogP contribution in [0.5, 0.6) is 0 Å². The summed E-state index contributed by atoms with van der Waals surface area (Å²) in [5, 5.41) is 6.42. The number of nitrogens with one attached hydrogen (secondary N) is 2. The number of rotatable bonds is 5. The topological polar surface area (TPSA) is 58.2 Å². The summed E-state index contributed by atoms with van der Waals surface area (Å²) in [6.07, 6.45) is 8.97. The van der Waals surface area contributed by atoms with Crippen molar-refractivity contribution < 1.29 is 9.59 Å². The molecule has 3 fully saturated rings. The van der Waals surface area contributed by atoms with Gasteiger partial charge < -0.3 is 10.6 Å². The number of hydrogen-bond acceptors (Lipinski definition) is 2. The van der Waals surface area contributed by atoms with E-state index in [1.807, 2.05) is 18.2 Å². The molecule has 2 atom stereocenters. The molecule has 25 heavy (non-hydrogen) atoms. The van der Waals surface area contributed by atoms with Crippen LogP contribution in [-0.4, -0.2) is 23.9 Å². The minimum absolute atomic E-state index is 0.0636. The molecule has 1 aromatic carbocycles. The van der Waals surface area contributed by atoms with Crippen molar-refractivity contribution in [2.75, 3.05) is 0 Å². The zero-order valence-corrected chi connectivity index (χ0v) is 14.8. The lowest BCUT2D eigenvalue weighted by atomic mass is 9.63. The molecule has 0 radical (unpaired) electrons. The van der Waals surface area contributed by atoms with Crippen LogP contribution in [0.2, 0.25) is 0 Å². The first-order valence-electron chi connectivity index (χ1n) is 9.84. The molecule has 0 unspecified atom stereocenters. The summed E-state index contributed by atoms with van der Waals surface area (Å²) in [5.41, 5.74) is 0.794. The van der Waals surface area contributed by atoms with E-state index in [1.54, 1.807) is 0 Å². The molecule has 3 saturated carbocycles. The third kappa shape index (κ3) is 3.44. The summed E-state index contributed by atoms with van der Waals surface area (Å²) in [7, 11) is 0. The standard InChI is InChI=1S/C21H28N2O2/c24-19(22-17-10-11-17)15-6-4-9-18(14-15)23-20(25)21(12-5-13-21)16-7-2-1-3-8-16/h1-3,7-8,15,17-18H,4-6,9-14H2,(H,22,24)(H,23,25)/t15-,18+/m0/s1. The fraction of sp³-hybridized carbons (Fsp3) is 0.619. The molecular formula is C21H28N2O2. The van der Waals surface area contributed by atoms with Crippen molar-refractivity contribution in [3.8, 4) is 0 Å². The van der Waals surface area contributed by atoms with Gasteiger partial charge >= 0.3 is 0 Å². The maximum Gasteiger partial charge on any atom is 0.230 e. The van der Waals surface area contributed by atoms with Crippen molar-refractivity contribution in [3.63, 3.8) is 0 Å². The molecule has 0 aliphatic heterocycles. The minimum atomic E-state index is -0.343. The van der Waals surface area contributed by atoms with E-state index < -0.39 is 0 Å². The molecule has 4 nitrogen and oxygen atoms in total. The predicted molar refractivity (Wildman–Crippen MR) is 97.0 cm³/mol. The molecule has 0 spiro atoms. The average Bonchev–Trinajstić information content (AvgIpc) is 3.39. The van der Waals surface area contributed by atoms with Gasteiger partial charge in [-0.1, -0.05) is 43.2 Å². The van der Waals surface area contributed by atoms with Crippen molar-refractivity contribution in [1.29, 1.82) is 0 Å². The molecule has 0 heterocycles. The highest BCUT2D eigenvalue weighted by Crippen LogP contribution is 2.44. The Bertz CT molecular complexity index is 635. The molecule has 2 amide bonds. The number of carbonyl (C=O) groups is 2. The maximum absolute atomic E-state index is 13.1. The molecule has 4 rings (SSSR count). The van der Waals surface area contributed by atoms with E-state index in [1.165, 1.54) is 0 Å². The number of benzene rings is 1. The second-order valence-corrected chi connectivity index (χ2v) is 8.12. The van der Waals surface area contributed by atoms with Crippen molar-refractivity contribution in [2.45, 2.75) is 75.3 Å². The van der Waals surface area contributed by atoms with Gasteiger partial charge in [0.2, 0.25) is 11.8 Å². The van der Waals surface area contributed by atoms with E-state index in [4.69, 9.17) is 0 Å². The van der Waals surface area contributed by atoms with Gasteiger partial charge in [-0.25, -0.2) is 0 Å². The lowest BCUT2D eigenvalue weighted by Gasteiger charge is -2.42. The van der Waals surface area contributed by atoms with E-state index >= 15 is 0 Å². The molecule has 0 aromatic heterocycles. The van der Waals surface area contributed by atoms with Crippen LogP contribution in [0, 0.1) is 5.92 Å². The van der Waals surface area contributed by atoms with Gasteiger partial charge in [0.15, 0.2) is 0 Å². The van der Waals surface area contributed by atoms with Gasteiger partial charge in [-0.15, -0.1) is 0 Å². The fourth-order valence-electron chi connectivity index (χ4n) is 4.36. The smallest absolute Gasteiger partial charge is 0.230 e. The van der Waals surface area contributed by atoms with Crippen LogP contribution in [0.1, 0.15) is 63.4 Å². The summed E-state index contributed by atoms with van der Waals surface area (Å²) in [6.45, 7) is 0. The van der Waals surface area contributed by atoms with Crippen LogP contribution in [0.3, 0.4) is 0 Å². The van der Waals surface area contributed by atoms with Gasteiger partial charge in [0, 0.05) is 18.0 Å². The molecule has 3 aliphatic carbocycles. The number of hydrogen-bond donors (Lipinski definition) is 2. The van der Waals surface area contributed by atoms with Crippen LogP contribution < -0.4 is 10.6 Å². The van der Waals surface area contributed by atoms with E-state index in [9.17, 15) is 9.59 Å². The van der Waals surface area contributed by atoms with Gasteiger partial charge in [0.25, 0.3) is 0 Å². The highest BCUT2D eigenvalue weighted by molar-refractivity contribution is 5.89. The van der Waals surface area contributed by atoms with Crippen LogP contribution >= 0.6 is 0 Å². The first-order valence-corrected chi connectivity index (χ1v) is 9.84. The Morgan fingerprint density at radius 1 is 0.880 bits per heavy atom. The van der Waals surface area contributed by atoms with Crippen molar-refractivity contribution in [2.24, 2.45) is 5.92 Å². The number of carbonyl (C=O) groups excluding carboxylic acids is 2. The van der Waals surface area contributed by atoms with Crippen LogP contribution in [0.15, 0.2) is 30.3 Å². The molecule has 134 valence electrons. The monoisotopic (exact) mass is 340 g/mol. The third-order valence-corrected chi connectivity index (χ3v) is 6.27. The van der Waals surface area contributed by atoms with Crippen LogP contribution in [0.4, 0.5) is 0 Å². The highest BCUT2D eigenvalue weighted by Gasteiger charge is 2.46. The SMILES string of the molecule is O=C(NC1CC1)[C@H]1CCC[C@@H](NC(=O)C2(c3ccccc3)CCC2)C1. The van der Waals surface area contributed by atoms with Crippen molar-refractivity contribution in [1.82, 2.24) is 10.6 Å². The highest BCUT2D eigenvalue weighted by atomic mass is 16.2. The average molecular weight is 340 g/mol. The first kappa shape index (κ1) is 16.6. The van der Waals surface area contributed by atoms with Crippen molar-refractivity contribution in [3.05, 3.63) is 35.9 Å². The first-order chi connectivity index (χ1) is 12.2. The molecular weight excluding hydrogens is 312 g/mol. The van der Waals surface area contributed by atoms with E-state index in [0.717, 1.165) is 63.4 Å². The van der Waals surface area contributed by atoms with Gasteiger partial charge in [0.1, 0.15) is 0 Å². The lowest BCUT2D eigenvalue weighted by molar-refractivity contribution is -0.132. The Balaban J connectivity index is 1.39. The van der Waals surface area contributed by atoms with Gasteiger partial charge in [-0.3, -0.25) is 9.59 Å². The van der Waals surface area contributed by atoms with E-state index in [2.05, 4.69) is 22.8 Å². The van der Waals surface area contributed by atoms with Crippen molar-refractivity contribution >= 4 is 11.8 Å². The zero-order chi connectivity index (χ0) is 17.3. The van der Waals surface area contributed by atoms with Gasteiger partial charge in [-0.05, 0) is 50.5 Å². The summed E-state index contributed by atoms with van der Waals surface area (Å²) < 4.78 is 0. The summed E-state index contributed by atoms with van der Waals surface area (Å²) in [5.74, 6) is 0.426. The van der Waals surface area contributed by atoms with E-state index in [0.29, 0.717) is 6.04 Å². The van der Waals surface area contributed by atoms with E-state index in [-0.39, 0.29) is 29.2 Å². The van der Waals surface area contributed by atoms with Gasteiger partial charge in [-0.2, -0.15) is 0 Å². The molecule has 1 aromatic rings. The molecule has 2 N–H and O–H groups in total. The Hall–Kier alpha value is -1.84. The summed E-state index contributed by atoms with van der Waals surface area (Å²) >= 11 is 0. The predicted octanol–water partition coefficient (Wildman–Crippen LogP) is 3.06. The summed E-state index contributed by atoms with van der Waals surface area (Å²) in [4.78, 5) is 25.4. The van der Waals surface area contributed by atoms with Crippen LogP contribution in [-0.2, 0) is 15.0 Å². The molecule has 0 bridgehead atoms. The zero-order valence-electron chi connectivity index (χ0n) is 14.8. The Kier molecular flexibility index (Phi) is 4.53. The van der Waals surface area contributed by atoms with Crippen LogP contribution in [0.25, 0.3) is 0 Å². The maximum atomic E-state index is 13.1. The second-order valence-electron chi connectivity index (χ2n) is 8.12. The Labute approximate surface area is 149 Å². The second kappa shape index (κ2) is 6.81. The molecule has 4 heteroatoms. The van der Waals surface area contributed by atoms with Gasteiger partial charge in [0.05, 0.1) is 5.41 Å². The lowest BCUT2D eigenvalue weighted by Crippen LogP contribution is -2.53. The quantitative estimate of drug-likeness (QED) is 0.865. The normalized spacial score (nSPS) is 27.8. The Morgan fingerprint density at radius 2 is 1.64 bits per heavy atom. The third-order valence-electron chi connectivity index (χ3n) is 6.27. The Morgan fingerprint density at radius 3 is 2.28 bits per heavy atom.